The van der Waals surface area contributed by atoms with Crippen molar-refractivity contribution in [1.29, 1.82) is 0 Å². The summed E-state index contributed by atoms with van der Waals surface area (Å²) in [5, 5.41) is 6.24. The van der Waals surface area contributed by atoms with Gasteiger partial charge in [0.2, 0.25) is 23.3 Å². The molecule has 0 fully saturated rings. The van der Waals surface area contributed by atoms with E-state index in [0.29, 0.717) is 50.2 Å². The number of carbonyl (C=O) groups excluding carboxylic acids is 5. The molecule has 3 aromatic rings. The molecule has 1 aromatic carbocycles. The van der Waals surface area contributed by atoms with Gasteiger partial charge in [0.1, 0.15) is 12.6 Å². The van der Waals surface area contributed by atoms with Gasteiger partial charge in [0.25, 0.3) is 5.56 Å². The second-order valence-electron chi connectivity index (χ2n) is 12.9. The Morgan fingerprint density at radius 2 is 1.82 bits per heavy atom. The zero-order valence-electron chi connectivity index (χ0n) is 28.7. The number of nitrogens with two attached hydrogens (primary N) is 3. The number of ether oxygens (including phenoxy) is 2. The Morgan fingerprint density at radius 1 is 1.06 bits per heavy atom. The van der Waals surface area contributed by atoms with Crippen molar-refractivity contribution in [3.8, 4) is 11.4 Å². The van der Waals surface area contributed by atoms with Crippen LogP contribution in [0, 0.1) is 0 Å². The first-order valence-electron chi connectivity index (χ1n) is 17.4. The molecule has 2 aromatic heterocycles. The van der Waals surface area contributed by atoms with Crippen LogP contribution >= 0.6 is 0 Å². The number of cyclic esters (lactones) is 1. The number of hydrogen-bond acceptors (Lipinski definition) is 11. The van der Waals surface area contributed by atoms with Crippen LogP contribution in [0.15, 0.2) is 41.2 Å². The summed E-state index contributed by atoms with van der Waals surface area (Å²) in [7, 11) is 0. The second-order valence-corrected chi connectivity index (χ2v) is 12.9. The Balaban J connectivity index is 1.15. The minimum absolute atomic E-state index is 0.00461. The number of fused-ring (bicyclic) bond motifs is 5. The number of aromatic nitrogens is 2. The predicted octanol–water partition coefficient (Wildman–Crippen LogP) is 1.12. The first-order valence-corrected chi connectivity index (χ1v) is 17.4. The maximum Gasteiger partial charge on any atom is 0.355 e. The van der Waals surface area contributed by atoms with Gasteiger partial charge in [-0.25, -0.2) is 9.78 Å². The lowest BCUT2D eigenvalue weighted by Crippen LogP contribution is -2.50. The number of carbonyl (C=O) groups is 5. The normalized spacial score (nSPS) is 17.0. The van der Waals surface area contributed by atoms with Crippen molar-refractivity contribution in [2.24, 2.45) is 17.2 Å². The van der Waals surface area contributed by atoms with Crippen LogP contribution in [-0.4, -0.2) is 64.4 Å². The molecule has 4 heterocycles. The van der Waals surface area contributed by atoms with E-state index < -0.39 is 47.3 Å². The highest BCUT2D eigenvalue weighted by Crippen LogP contribution is 2.41. The Hall–Kier alpha value is -5.15. The predicted molar refractivity (Wildman–Crippen MR) is 186 cm³/mol. The maximum atomic E-state index is 13.7. The van der Waals surface area contributed by atoms with Crippen LogP contribution in [0.3, 0.4) is 0 Å². The van der Waals surface area contributed by atoms with Crippen molar-refractivity contribution >= 4 is 40.6 Å². The quantitative estimate of drug-likeness (QED) is 0.0771. The summed E-state index contributed by atoms with van der Waals surface area (Å²) in [6, 6.07) is 9.65. The van der Waals surface area contributed by atoms with Gasteiger partial charge >= 0.3 is 11.9 Å². The number of benzene rings is 1. The first kappa shape index (κ1) is 37.1. The lowest BCUT2D eigenvalue weighted by molar-refractivity contribution is -0.189. The highest BCUT2D eigenvalue weighted by molar-refractivity contribution is 5.90. The molecule has 0 radical (unpaired) electrons. The summed E-state index contributed by atoms with van der Waals surface area (Å²) in [5.41, 5.74) is 17.9. The van der Waals surface area contributed by atoms with E-state index in [-0.39, 0.29) is 55.5 Å². The van der Waals surface area contributed by atoms with Crippen molar-refractivity contribution in [2.75, 3.05) is 13.1 Å². The van der Waals surface area contributed by atoms with E-state index in [0.717, 1.165) is 22.9 Å². The number of nitrogens with zero attached hydrogens (tertiary/aromatic N) is 2. The molecule has 0 spiro atoms. The molecule has 272 valence electrons. The Kier molecular flexibility index (Phi) is 11.8. The average Bonchev–Trinajstić information content (AvgIpc) is 3.47. The molecule has 2 aliphatic heterocycles. The average molecular weight is 704 g/mol. The molecule has 51 heavy (non-hydrogen) atoms. The van der Waals surface area contributed by atoms with Gasteiger partial charge in [-0.3, -0.25) is 24.0 Å². The van der Waals surface area contributed by atoms with Gasteiger partial charge in [0.15, 0.2) is 0 Å². The molecule has 0 saturated carbocycles. The molecular weight excluding hydrogens is 658 g/mol. The van der Waals surface area contributed by atoms with Crippen molar-refractivity contribution in [3.63, 3.8) is 0 Å². The van der Waals surface area contributed by atoms with E-state index in [2.05, 4.69) is 10.6 Å². The van der Waals surface area contributed by atoms with Crippen LogP contribution < -0.4 is 33.4 Å². The molecule has 0 saturated heterocycles. The molecule has 3 atom stereocenters. The second kappa shape index (κ2) is 16.2. The van der Waals surface area contributed by atoms with E-state index >= 15 is 0 Å². The van der Waals surface area contributed by atoms with Crippen LogP contribution in [0.25, 0.3) is 22.3 Å². The van der Waals surface area contributed by atoms with Crippen molar-refractivity contribution in [3.05, 3.63) is 63.4 Å². The topological polar surface area (TPSA) is 241 Å². The molecule has 3 amide bonds. The van der Waals surface area contributed by atoms with Crippen LogP contribution in [0.2, 0.25) is 0 Å². The largest absolute Gasteiger partial charge is 0.457 e. The van der Waals surface area contributed by atoms with Gasteiger partial charge in [-0.15, -0.1) is 0 Å². The van der Waals surface area contributed by atoms with Crippen LogP contribution in [0.4, 0.5) is 0 Å². The molecule has 2 aliphatic rings. The number of unbranched alkanes of at least 4 members (excludes halogenated alkanes) is 2. The lowest BCUT2D eigenvalue weighted by Gasteiger charge is -2.35. The summed E-state index contributed by atoms with van der Waals surface area (Å²) in [6.45, 7) is 2.47. The third-order valence-electron chi connectivity index (χ3n) is 9.44. The van der Waals surface area contributed by atoms with E-state index in [9.17, 15) is 28.8 Å². The van der Waals surface area contributed by atoms with E-state index in [1.807, 2.05) is 30.3 Å². The Morgan fingerprint density at radius 3 is 2.57 bits per heavy atom. The molecule has 5 rings (SSSR count). The smallest absolute Gasteiger partial charge is 0.355 e. The summed E-state index contributed by atoms with van der Waals surface area (Å²) in [4.78, 5) is 81.7. The number of pyridine rings is 2. The van der Waals surface area contributed by atoms with Gasteiger partial charge in [0, 0.05) is 29.5 Å². The third kappa shape index (κ3) is 8.10. The molecular formula is C36H45N7O8. The fourth-order valence-electron chi connectivity index (χ4n) is 6.54. The number of primary amides is 1. The first-order chi connectivity index (χ1) is 24.5. The van der Waals surface area contributed by atoms with Crippen molar-refractivity contribution in [1.82, 2.24) is 20.2 Å². The van der Waals surface area contributed by atoms with E-state index in [1.165, 1.54) is 0 Å². The zero-order chi connectivity index (χ0) is 36.7. The highest BCUT2D eigenvalue weighted by Gasteiger charge is 2.50. The molecule has 15 nitrogen and oxygen atoms in total. The zero-order valence-corrected chi connectivity index (χ0v) is 28.7. The molecule has 0 aliphatic carbocycles. The Labute approximate surface area is 294 Å². The summed E-state index contributed by atoms with van der Waals surface area (Å²) in [5.74, 6) is -3.15. The van der Waals surface area contributed by atoms with Crippen LogP contribution in [-0.2, 0) is 52.2 Å². The fourth-order valence-corrected chi connectivity index (χ4v) is 6.54. The number of esters is 2. The van der Waals surface area contributed by atoms with Gasteiger partial charge in [0.05, 0.1) is 41.5 Å². The monoisotopic (exact) mass is 703 g/mol. The van der Waals surface area contributed by atoms with Gasteiger partial charge in [-0.1, -0.05) is 31.5 Å². The van der Waals surface area contributed by atoms with Gasteiger partial charge in [-0.2, -0.15) is 0 Å². The van der Waals surface area contributed by atoms with Gasteiger partial charge < -0.3 is 41.9 Å². The molecule has 0 bridgehead atoms. The minimum atomic E-state index is -1.86. The summed E-state index contributed by atoms with van der Waals surface area (Å²) < 4.78 is 12.8. The maximum absolute atomic E-state index is 13.7. The highest BCUT2D eigenvalue weighted by atomic mass is 16.6. The molecule has 15 heteroatoms. The number of hydrogen-bond donors (Lipinski definition) is 5. The summed E-state index contributed by atoms with van der Waals surface area (Å²) in [6.07, 6.45) is 2.57. The van der Waals surface area contributed by atoms with E-state index in [4.69, 9.17) is 31.7 Å². The standard InChI is InChI=1S/C36H45N7O8/c1-2-36(51-30(45)14-13-29(44)40-16-8-6-12-27(32(39)46)42-33(47)25(38)10-5-7-15-37)24-18-28-31-22(17-21-9-3-4-11-26(21)41-31)19-43(28)34(48)23(24)20-50-35(36)49/h3-4,9,11,17-18,25,27H,2,5-8,10,12-16,19-20,37-38H2,1H3,(H2,39,46)(H,40,44)(H,42,47)/t25-,27-,36+/m0/s1. The Bertz CT molecular complexity index is 1890. The number of amides is 3. The van der Waals surface area contributed by atoms with Crippen LogP contribution in [0.1, 0.15) is 81.4 Å². The van der Waals surface area contributed by atoms with Crippen molar-refractivity contribution in [2.45, 2.75) is 95.5 Å². The molecule has 8 N–H and O–H groups in total. The summed E-state index contributed by atoms with van der Waals surface area (Å²) >= 11 is 0. The minimum Gasteiger partial charge on any atom is -0.457 e. The van der Waals surface area contributed by atoms with Gasteiger partial charge in [-0.05, 0) is 63.3 Å². The number of para-hydroxylation sites is 1. The van der Waals surface area contributed by atoms with E-state index in [1.54, 1.807) is 17.6 Å². The fraction of sp³-hybridized carbons (Fsp3) is 0.472. The third-order valence-corrected chi connectivity index (χ3v) is 9.44. The van der Waals surface area contributed by atoms with Crippen LogP contribution in [0.5, 0.6) is 0 Å². The van der Waals surface area contributed by atoms with Crippen molar-refractivity contribution < 1.29 is 33.4 Å². The SMILES string of the molecule is CC[C@]1(OC(=O)CCC(=O)NCCCC[C@H](NC(=O)[C@@H](N)CCCCN)C(N)=O)C(=O)OCc2c1cc1n(c2=O)Cc2cc3ccccc3nc2-1. The number of nitrogens with one attached hydrogen (secondary N) is 2. The lowest BCUT2D eigenvalue weighted by atomic mass is 9.85. The number of rotatable bonds is 17. The molecule has 0 unspecified atom stereocenters.